The summed E-state index contributed by atoms with van der Waals surface area (Å²) in [5.41, 5.74) is 0.484. The van der Waals surface area contributed by atoms with Crippen LogP contribution in [0.25, 0.3) is 10.9 Å². The Bertz CT molecular complexity index is 1920. The van der Waals surface area contributed by atoms with Gasteiger partial charge >= 0.3 is 12.1 Å². The van der Waals surface area contributed by atoms with Gasteiger partial charge in [0, 0.05) is 37.6 Å². The van der Waals surface area contributed by atoms with Gasteiger partial charge in [-0.25, -0.2) is 4.79 Å². The highest BCUT2D eigenvalue weighted by atomic mass is 35.5. The molecule has 0 bridgehead atoms. The Morgan fingerprint density at radius 2 is 1.47 bits per heavy atom. The van der Waals surface area contributed by atoms with E-state index in [0.29, 0.717) is 37.1 Å². The van der Waals surface area contributed by atoms with Gasteiger partial charge in [-0.2, -0.15) is 13.2 Å². The first-order valence-corrected chi connectivity index (χ1v) is 15.1. The SMILES string of the molecule is CCOC(=O)c1c(N(Cc2ccc(Cl)cc2Cl)C(=O)c2cccc(C(F)(F)F)c2)c2ccccc2n1Cc1ccc(Cl)cc1Cl. The maximum Gasteiger partial charge on any atom is 0.416 e. The molecule has 0 aliphatic rings. The number of hydrogen-bond donors (Lipinski definition) is 0. The fourth-order valence-electron chi connectivity index (χ4n) is 5.01. The van der Waals surface area contributed by atoms with Crippen LogP contribution in [0.5, 0.6) is 0 Å². The molecule has 5 aromatic rings. The molecule has 45 heavy (non-hydrogen) atoms. The van der Waals surface area contributed by atoms with Crippen molar-refractivity contribution in [1.29, 1.82) is 0 Å². The van der Waals surface area contributed by atoms with Crippen molar-refractivity contribution in [2.75, 3.05) is 11.5 Å². The van der Waals surface area contributed by atoms with Gasteiger partial charge in [0.15, 0.2) is 5.69 Å². The number of ether oxygens (including phenoxy) is 1. The number of anilines is 1. The van der Waals surface area contributed by atoms with Crippen LogP contribution in [0, 0.1) is 0 Å². The monoisotopic (exact) mass is 692 g/mol. The van der Waals surface area contributed by atoms with E-state index >= 15 is 0 Å². The zero-order valence-electron chi connectivity index (χ0n) is 23.5. The predicted octanol–water partition coefficient (Wildman–Crippen LogP) is 10.3. The maximum absolute atomic E-state index is 14.3. The summed E-state index contributed by atoms with van der Waals surface area (Å²) in [5.74, 6) is -1.55. The molecule has 1 aromatic heterocycles. The van der Waals surface area contributed by atoms with Crippen molar-refractivity contribution in [2.45, 2.75) is 26.2 Å². The molecule has 4 aromatic carbocycles. The number of alkyl halides is 3. The molecule has 1 amide bonds. The van der Waals surface area contributed by atoms with Crippen LogP contribution in [0.2, 0.25) is 20.1 Å². The Labute approximate surface area is 276 Å². The van der Waals surface area contributed by atoms with Crippen LogP contribution in [-0.2, 0) is 24.0 Å². The third-order valence-electron chi connectivity index (χ3n) is 7.05. The Kier molecular flexibility index (Phi) is 9.70. The number of carbonyl (C=O) groups is 2. The summed E-state index contributed by atoms with van der Waals surface area (Å²) in [6.45, 7) is 1.52. The fraction of sp³-hybridized carbons (Fsp3) is 0.152. The molecule has 1 heterocycles. The second-order valence-corrected chi connectivity index (χ2v) is 11.6. The summed E-state index contributed by atoms with van der Waals surface area (Å²) < 4.78 is 48.2. The quantitative estimate of drug-likeness (QED) is 0.152. The van der Waals surface area contributed by atoms with Crippen molar-refractivity contribution in [3.05, 3.63) is 133 Å². The Morgan fingerprint density at radius 3 is 2.09 bits per heavy atom. The minimum absolute atomic E-state index is 0.00511. The molecule has 0 atom stereocenters. The minimum Gasteiger partial charge on any atom is -0.461 e. The van der Waals surface area contributed by atoms with Gasteiger partial charge in [0.05, 0.1) is 29.9 Å². The van der Waals surface area contributed by atoms with Gasteiger partial charge in [-0.1, -0.05) is 82.8 Å². The van der Waals surface area contributed by atoms with Crippen molar-refractivity contribution >= 4 is 74.9 Å². The van der Waals surface area contributed by atoms with E-state index in [0.717, 1.165) is 18.2 Å². The summed E-state index contributed by atoms with van der Waals surface area (Å²) in [4.78, 5) is 29.3. The van der Waals surface area contributed by atoms with E-state index < -0.39 is 23.6 Å². The topological polar surface area (TPSA) is 51.5 Å². The summed E-state index contributed by atoms with van der Waals surface area (Å²) in [6, 6.07) is 20.7. The molecule has 5 rings (SSSR count). The zero-order chi connectivity index (χ0) is 32.5. The molecule has 0 aliphatic heterocycles. The van der Waals surface area contributed by atoms with Crippen LogP contribution in [0.1, 0.15) is 44.5 Å². The lowest BCUT2D eigenvalue weighted by molar-refractivity contribution is -0.137. The highest BCUT2D eigenvalue weighted by Crippen LogP contribution is 2.39. The first kappa shape index (κ1) is 32.7. The molecule has 0 radical (unpaired) electrons. The molecule has 0 fully saturated rings. The van der Waals surface area contributed by atoms with E-state index in [4.69, 9.17) is 51.1 Å². The normalized spacial score (nSPS) is 11.6. The van der Waals surface area contributed by atoms with E-state index in [9.17, 15) is 22.8 Å². The number of hydrogen-bond acceptors (Lipinski definition) is 3. The summed E-state index contributed by atoms with van der Waals surface area (Å²) in [6.07, 6.45) is -4.69. The molecule has 0 aliphatic carbocycles. The average molecular weight is 694 g/mol. The van der Waals surface area contributed by atoms with E-state index in [1.54, 1.807) is 66.1 Å². The molecular formula is C33H23Cl4F3N2O3. The molecule has 0 N–H and O–H groups in total. The fourth-order valence-corrected chi connectivity index (χ4v) is 5.94. The predicted molar refractivity (Wildman–Crippen MR) is 172 cm³/mol. The van der Waals surface area contributed by atoms with Crippen LogP contribution >= 0.6 is 46.4 Å². The van der Waals surface area contributed by atoms with E-state index in [1.165, 1.54) is 17.0 Å². The standard InChI is InChI=1S/C33H23Cl4F3N2O3/c1-2-45-32(44)30-29(25-8-3-4-9-28(25)41(30)17-20-10-12-23(34)15-26(20)36)42(18-21-11-13-24(35)16-27(21)37)31(43)19-6-5-7-22(14-19)33(38,39)40/h3-16H,2,17-18H2,1H3. The average Bonchev–Trinajstić information content (AvgIpc) is 3.31. The molecule has 0 saturated carbocycles. The Balaban J connectivity index is 1.79. The largest absolute Gasteiger partial charge is 0.461 e. The lowest BCUT2D eigenvalue weighted by atomic mass is 10.1. The van der Waals surface area contributed by atoms with E-state index in [-0.39, 0.29) is 41.7 Å². The third kappa shape index (κ3) is 6.94. The first-order chi connectivity index (χ1) is 21.4. The summed E-state index contributed by atoms with van der Waals surface area (Å²) >= 11 is 25.3. The molecule has 12 heteroatoms. The lowest BCUT2D eigenvalue weighted by Gasteiger charge is -2.25. The molecular weight excluding hydrogens is 671 g/mol. The van der Waals surface area contributed by atoms with Crippen LogP contribution in [-0.4, -0.2) is 23.1 Å². The second-order valence-electron chi connectivity index (χ2n) is 9.96. The highest BCUT2D eigenvalue weighted by molar-refractivity contribution is 6.35. The van der Waals surface area contributed by atoms with Crippen LogP contribution in [0.4, 0.5) is 18.9 Å². The number of fused-ring (bicyclic) bond motifs is 1. The smallest absolute Gasteiger partial charge is 0.416 e. The van der Waals surface area contributed by atoms with E-state index in [2.05, 4.69) is 0 Å². The van der Waals surface area contributed by atoms with Gasteiger partial charge in [-0.3, -0.25) is 4.79 Å². The number of nitrogens with zero attached hydrogens (tertiary/aromatic N) is 2. The second kappa shape index (κ2) is 13.3. The maximum atomic E-state index is 14.3. The molecule has 5 nitrogen and oxygen atoms in total. The van der Waals surface area contributed by atoms with Crippen molar-refractivity contribution in [3.63, 3.8) is 0 Å². The number of carbonyl (C=O) groups excluding carboxylic acids is 2. The van der Waals surface area contributed by atoms with Crippen LogP contribution in [0.3, 0.4) is 0 Å². The van der Waals surface area contributed by atoms with Crippen molar-refractivity contribution < 1.29 is 27.5 Å². The van der Waals surface area contributed by atoms with Crippen molar-refractivity contribution in [1.82, 2.24) is 4.57 Å². The van der Waals surface area contributed by atoms with Crippen molar-refractivity contribution in [3.8, 4) is 0 Å². The summed E-state index contributed by atoms with van der Waals surface area (Å²) in [7, 11) is 0. The van der Waals surface area contributed by atoms with Gasteiger partial charge in [0.2, 0.25) is 0 Å². The van der Waals surface area contributed by atoms with Gasteiger partial charge in [0.1, 0.15) is 0 Å². The molecule has 0 saturated heterocycles. The minimum atomic E-state index is -4.69. The number of aromatic nitrogens is 1. The lowest BCUT2D eigenvalue weighted by Crippen LogP contribution is -2.32. The Hall–Kier alpha value is -3.69. The van der Waals surface area contributed by atoms with Gasteiger partial charge in [-0.15, -0.1) is 0 Å². The van der Waals surface area contributed by atoms with Gasteiger partial charge in [-0.05, 0) is 66.6 Å². The number of esters is 1. The summed E-state index contributed by atoms with van der Waals surface area (Å²) in [5, 5.41) is 1.81. The number of rotatable bonds is 8. The van der Waals surface area contributed by atoms with Gasteiger partial charge < -0.3 is 14.2 Å². The molecule has 0 unspecified atom stereocenters. The highest BCUT2D eigenvalue weighted by Gasteiger charge is 2.34. The Morgan fingerprint density at radius 1 is 0.822 bits per heavy atom. The third-order valence-corrected chi connectivity index (χ3v) is 8.23. The molecule has 232 valence electrons. The first-order valence-electron chi connectivity index (χ1n) is 13.5. The van der Waals surface area contributed by atoms with Crippen molar-refractivity contribution in [2.24, 2.45) is 0 Å². The molecule has 0 spiro atoms. The number of halogens is 7. The van der Waals surface area contributed by atoms with Crippen LogP contribution < -0.4 is 4.90 Å². The van der Waals surface area contributed by atoms with Gasteiger partial charge in [0.25, 0.3) is 5.91 Å². The number of benzene rings is 4. The number of para-hydroxylation sites is 1. The van der Waals surface area contributed by atoms with Crippen LogP contribution in [0.15, 0.2) is 84.9 Å². The van der Waals surface area contributed by atoms with E-state index in [1.807, 2.05) is 0 Å². The zero-order valence-corrected chi connectivity index (χ0v) is 26.5. The number of amides is 1.